The molecular formula is C27H37NO. The first kappa shape index (κ1) is 20.4. The fourth-order valence-electron chi connectivity index (χ4n) is 6.66. The highest BCUT2D eigenvalue weighted by atomic mass is 16.6. The third kappa shape index (κ3) is 3.83. The lowest BCUT2D eigenvalue weighted by Crippen LogP contribution is -2.50. The molecule has 2 fully saturated rings. The summed E-state index contributed by atoms with van der Waals surface area (Å²) in [6.07, 6.45) is 15.8. The second-order valence-electron chi connectivity index (χ2n) is 10.5. The Kier molecular flexibility index (Phi) is 5.48. The molecule has 0 spiro atoms. The lowest BCUT2D eigenvalue weighted by Gasteiger charge is -2.58. The molecular weight excluding hydrogens is 354 g/mol. The van der Waals surface area contributed by atoms with Crippen LogP contribution in [0.5, 0.6) is 0 Å². The van der Waals surface area contributed by atoms with Crippen molar-refractivity contribution in [1.29, 1.82) is 0 Å². The van der Waals surface area contributed by atoms with Crippen molar-refractivity contribution in [3.05, 3.63) is 60.2 Å². The van der Waals surface area contributed by atoms with Gasteiger partial charge in [-0.2, -0.15) is 0 Å². The van der Waals surface area contributed by atoms with Gasteiger partial charge >= 0.3 is 0 Å². The number of benzene rings is 1. The molecule has 0 aliphatic heterocycles. The maximum absolute atomic E-state index is 5.69. The van der Waals surface area contributed by atoms with Gasteiger partial charge in [-0.25, -0.2) is 0 Å². The molecule has 0 radical (unpaired) electrons. The van der Waals surface area contributed by atoms with Crippen LogP contribution in [0.3, 0.4) is 0 Å². The van der Waals surface area contributed by atoms with Crippen LogP contribution < -0.4 is 0 Å². The number of hydrogen-bond acceptors (Lipinski definition) is 2. The van der Waals surface area contributed by atoms with E-state index in [2.05, 4.69) is 63.0 Å². The summed E-state index contributed by atoms with van der Waals surface area (Å²) >= 11 is 0. The van der Waals surface area contributed by atoms with E-state index < -0.39 is 0 Å². The molecule has 0 bridgehead atoms. The molecule has 2 nitrogen and oxygen atoms in total. The first-order valence-corrected chi connectivity index (χ1v) is 11.4. The van der Waals surface area contributed by atoms with Crippen LogP contribution in [-0.4, -0.2) is 6.21 Å². The number of allylic oxidation sites excluding steroid dienone is 3. The number of fused-ring (bicyclic) bond motifs is 3. The molecule has 29 heavy (non-hydrogen) atoms. The molecule has 0 aromatic heterocycles. The SMILES string of the molecule is C=C[C@]1(C)CC=C2C(CCC3[C@@](C)(/C=N/OCc4ccccc4)CCC[C@]23C)C1. The van der Waals surface area contributed by atoms with E-state index >= 15 is 0 Å². The summed E-state index contributed by atoms with van der Waals surface area (Å²) < 4.78 is 0. The van der Waals surface area contributed by atoms with Crippen LogP contribution >= 0.6 is 0 Å². The van der Waals surface area contributed by atoms with E-state index in [1.54, 1.807) is 5.57 Å². The zero-order chi connectivity index (χ0) is 20.5. The van der Waals surface area contributed by atoms with Gasteiger partial charge in [0.05, 0.1) is 0 Å². The van der Waals surface area contributed by atoms with Crippen LogP contribution in [0.4, 0.5) is 0 Å². The Hall–Kier alpha value is -1.83. The van der Waals surface area contributed by atoms with E-state index in [4.69, 9.17) is 4.84 Å². The van der Waals surface area contributed by atoms with E-state index in [1.807, 2.05) is 18.2 Å². The Labute approximate surface area is 177 Å². The lowest BCUT2D eigenvalue weighted by atomic mass is 9.46. The van der Waals surface area contributed by atoms with Crippen molar-refractivity contribution in [1.82, 2.24) is 0 Å². The largest absolute Gasteiger partial charge is 0.391 e. The van der Waals surface area contributed by atoms with Crippen LogP contribution in [0.25, 0.3) is 0 Å². The topological polar surface area (TPSA) is 21.6 Å². The van der Waals surface area contributed by atoms with Gasteiger partial charge in [-0.1, -0.05) is 80.4 Å². The van der Waals surface area contributed by atoms with E-state index in [9.17, 15) is 0 Å². The molecule has 3 aliphatic carbocycles. The molecule has 4 rings (SSSR count). The summed E-state index contributed by atoms with van der Waals surface area (Å²) in [5, 5.41) is 4.47. The van der Waals surface area contributed by atoms with Crippen LogP contribution in [0.1, 0.15) is 71.3 Å². The molecule has 1 aromatic rings. The second-order valence-corrected chi connectivity index (χ2v) is 10.5. The predicted molar refractivity (Wildman–Crippen MR) is 122 cm³/mol. The van der Waals surface area contributed by atoms with E-state index in [0.717, 1.165) is 12.3 Å². The van der Waals surface area contributed by atoms with Crippen LogP contribution in [0, 0.1) is 28.1 Å². The monoisotopic (exact) mass is 391 g/mol. The Morgan fingerprint density at radius 1 is 1.14 bits per heavy atom. The van der Waals surface area contributed by atoms with Gasteiger partial charge in [0, 0.05) is 11.6 Å². The minimum absolute atomic E-state index is 0.120. The van der Waals surface area contributed by atoms with Crippen LogP contribution in [-0.2, 0) is 11.4 Å². The molecule has 1 aromatic carbocycles. The summed E-state index contributed by atoms with van der Waals surface area (Å²) in [5.74, 6) is 1.39. The van der Waals surface area contributed by atoms with Crippen molar-refractivity contribution in [2.45, 2.75) is 72.3 Å². The zero-order valence-electron chi connectivity index (χ0n) is 18.5. The van der Waals surface area contributed by atoms with Gasteiger partial charge in [0.15, 0.2) is 0 Å². The third-order valence-corrected chi connectivity index (χ3v) is 8.37. The molecule has 0 saturated heterocycles. The van der Waals surface area contributed by atoms with Crippen molar-refractivity contribution < 1.29 is 4.84 Å². The molecule has 0 N–H and O–H groups in total. The van der Waals surface area contributed by atoms with Crippen molar-refractivity contribution >= 4 is 6.21 Å². The van der Waals surface area contributed by atoms with Gasteiger partial charge in [0.1, 0.15) is 6.61 Å². The fraction of sp³-hybridized carbons (Fsp3) is 0.593. The minimum atomic E-state index is 0.120. The Morgan fingerprint density at radius 2 is 1.93 bits per heavy atom. The predicted octanol–water partition coefficient (Wildman–Crippen LogP) is 7.32. The highest BCUT2D eigenvalue weighted by Crippen LogP contribution is 2.63. The lowest BCUT2D eigenvalue weighted by molar-refractivity contribution is 0.0113. The summed E-state index contributed by atoms with van der Waals surface area (Å²) in [6.45, 7) is 12.0. The summed E-state index contributed by atoms with van der Waals surface area (Å²) in [7, 11) is 0. The fourth-order valence-corrected chi connectivity index (χ4v) is 6.66. The molecule has 2 unspecified atom stereocenters. The molecule has 2 heteroatoms. The van der Waals surface area contributed by atoms with E-state index in [1.165, 1.54) is 44.1 Å². The van der Waals surface area contributed by atoms with Crippen molar-refractivity contribution in [3.8, 4) is 0 Å². The normalized spacial score (nSPS) is 39.3. The highest BCUT2D eigenvalue weighted by molar-refractivity contribution is 5.66. The smallest absolute Gasteiger partial charge is 0.142 e. The average Bonchev–Trinajstić information content (AvgIpc) is 2.72. The Morgan fingerprint density at radius 3 is 2.69 bits per heavy atom. The van der Waals surface area contributed by atoms with Gasteiger partial charge in [-0.3, -0.25) is 0 Å². The first-order chi connectivity index (χ1) is 13.9. The van der Waals surface area contributed by atoms with Gasteiger partial charge in [0.2, 0.25) is 0 Å². The second kappa shape index (κ2) is 7.78. The summed E-state index contributed by atoms with van der Waals surface area (Å²) in [4.78, 5) is 5.69. The van der Waals surface area contributed by atoms with Gasteiger partial charge in [-0.15, -0.1) is 6.58 Å². The highest BCUT2D eigenvalue weighted by Gasteiger charge is 2.54. The Balaban J connectivity index is 1.50. The van der Waals surface area contributed by atoms with Crippen LogP contribution in [0.2, 0.25) is 0 Å². The van der Waals surface area contributed by atoms with E-state index in [-0.39, 0.29) is 10.8 Å². The summed E-state index contributed by atoms with van der Waals surface area (Å²) in [5.41, 5.74) is 3.62. The van der Waals surface area contributed by atoms with Crippen molar-refractivity contribution in [2.75, 3.05) is 0 Å². The molecule has 0 heterocycles. The van der Waals surface area contributed by atoms with Crippen molar-refractivity contribution in [2.24, 2.45) is 33.2 Å². The van der Waals surface area contributed by atoms with Gasteiger partial charge < -0.3 is 4.84 Å². The number of nitrogens with zero attached hydrogens (tertiary/aromatic N) is 1. The standard InChI is InChI=1S/C27H37NO/c1-5-25(2)17-14-23-22(18-25)12-13-24-26(3,15-9-16-27(23,24)4)20-28-29-19-21-10-7-6-8-11-21/h5-8,10-11,14,20,22,24H,1,9,12-13,15-19H2,2-4H3/b28-20+/t22?,24?,25-,26-,27-/m1/s1. The third-order valence-electron chi connectivity index (χ3n) is 8.37. The number of hydrogen-bond donors (Lipinski definition) is 0. The average molecular weight is 392 g/mol. The zero-order valence-corrected chi connectivity index (χ0v) is 18.5. The molecule has 3 aliphatic rings. The molecule has 156 valence electrons. The van der Waals surface area contributed by atoms with Gasteiger partial charge in [0.25, 0.3) is 0 Å². The minimum Gasteiger partial charge on any atom is -0.391 e. The summed E-state index contributed by atoms with van der Waals surface area (Å²) in [6, 6.07) is 10.3. The van der Waals surface area contributed by atoms with Gasteiger partial charge in [-0.05, 0) is 66.8 Å². The van der Waals surface area contributed by atoms with Crippen molar-refractivity contribution in [3.63, 3.8) is 0 Å². The van der Waals surface area contributed by atoms with Crippen LogP contribution in [0.15, 0.2) is 59.8 Å². The maximum Gasteiger partial charge on any atom is 0.142 e. The van der Waals surface area contributed by atoms with E-state index in [0.29, 0.717) is 17.9 Å². The molecule has 2 saturated carbocycles. The molecule has 5 atom stereocenters. The number of rotatable bonds is 5. The number of oxime groups is 1. The maximum atomic E-state index is 5.69. The Bertz CT molecular complexity index is 796. The quantitative estimate of drug-likeness (QED) is 0.293. The first-order valence-electron chi connectivity index (χ1n) is 11.4. The molecule has 0 amide bonds.